The van der Waals surface area contributed by atoms with Crippen LogP contribution in [-0.4, -0.2) is 20.6 Å². The molecule has 0 atom stereocenters. The van der Waals surface area contributed by atoms with E-state index in [0.29, 0.717) is 12.1 Å². The molecule has 2 N–H and O–H groups in total. The molecule has 0 saturated heterocycles. The van der Waals surface area contributed by atoms with Crippen molar-refractivity contribution in [3.8, 4) is 11.1 Å². The van der Waals surface area contributed by atoms with Crippen molar-refractivity contribution in [1.29, 1.82) is 0 Å². The maximum Gasteiger partial charge on any atom is 0.328 e. The van der Waals surface area contributed by atoms with E-state index in [2.05, 4.69) is 35.4 Å². The number of aliphatic carboxylic acids is 1. The molecule has 28 heavy (non-hydrogen) atoms. The standard InChI is InChI=1S/C22H21N3O3/c1-15-4-3-5-16(10-15)12-23-20-8-6-18(13-24-20)19-11-17(7-9-21(26)27)22(28)25(2)14-19/h3-11,13-14H,12H2,1-2H3,(H,23,24)(H,26,27)/b9-7+. The highest BCUT2D eigenvalue weighted by atomic mass is 16.4. The van der Waals surface area contributed by atoms with E-state index < -0.39 is 5.97 Å². The van der Waals surface area contributed by atoms with Gasteiger partial charge in [-0.1, -0.05) is 29.8 Å². The highest BCUT2D eigenvalue weighted by molar-refractivity contribution is 5.85. The molecule has 0 aliphatic carbocycles. The van der Waals surface area contributed by atoms with Gasteiger partial charge in [0.2, 0.25) is 0 Å². The van der Waals surface area contributed by atoms with Gasteiger partial charge in [0.05, 0.1) is 0 Å². The molecule has 0 radical (unpaired) electrons. The number of benzene rings is 1. The van der Waals surface area contributed by atoms with Crippen molar-refractivity contribution in [2.45, 2.75) is 13.5 Å². The zero-order chi connectivity index (χ0) is 20.1. The lowest BCUT2D eigenvalue weighted by Crippen LogP contribution is -2.18. The quantitative estimate of drug-likeness (QED) is 0.645. The average Bonchev–Trinajstić information content (AvgIpc) is 2.68. The second-order valence-corrected chi connectivity index (χ2v) is 6.55. The van der Waals surface area contributed by atoms with Gasteiger partial charge in [0.1, 0.15) is 5.82 Å². The maximum absolute atomic E-state index is 12.2. The summed E-state index contributed by atoms with van der Waals surface area (Å²) < 4.78 is 1.43. The SMILES string of the molecule is Cc1cccc(CNc2ccc(-c3cc(/C=C/C(=O)O)c(=O)n(C)c3)cn2)c1. The third-order valence-electron chi connectivity index (χ3n) is 4.27. The third-order valence-corrected chi connectivity index (χ3v) is 4.27. The van der Waals surface area contributed by atoms with Crippen LogP contribution in [0.4, 0.5) is 5.82 Å². The smallest absolute Gasteiger partial charge is 0.328 e. The van der Waals surface area contributed by atoms with Crippen LogP contribution in [0.15, 0.2) is 65.7 Å². The summed E-state index contributed by atoms with van der Waals surface area (Å²) in [6.45, 7) is 2.74. The fourth-order valence-corrected chi connectivity index (χ4v) is 2.86. The molecule has 3 rings (SSSR count). The van der Waals surface area contributed by atoms with Crippen LogP contribution < -0.4 is 10.9 Å². The van der Waals surface area contributed by atoms with Gasteiger partial charge in [0.15, 0.2) is 0 Å². The summed E-state index contributed by atoms with van der Waals surface area (Å²) >= 11 is 0. The Balaban J connectivity index is 1.79. The Morgan fingerprint density at radius 2 is 2.04 bits per heavy atom. The van der Waals surface area contributed by atoms with E-state index in [1.807, 2.05) is 18.2 Å². The molecule has 0 spiro atoms. The van der Waals surface area contributed by atoms with Gasteiger partial charge in [-0.25, -0.2) is 9.78 Å². The number of aromatic nitrogens is 2. The van der Waals surface area contributed by atoms with Crippen molar-refractivity contribution < 1.29 is 9.90 Å². The number of pyridine rings is 2. The first-order chi connectivity index (χ1) is 13.4. The van der Waals surface area contributed by atoms with Crippen LogP contribution in [0, 0.1) is 6.92 Å². The number of rotatable bonds is 6. The molecule has 6 nitrogen and oxygen atoms in total. The Kier molecular flexibility index (Phi) is 5.69. The van der Waals surface area contributed by atoms with Gasteiger partial charge < -0.3 is 15.0 Å². The van der Waals surface area contributed by atoms with Crippen LogP contribution in [0.3, 0.4) is 0 Å². The Hall–Kier alpha value is -3.67. The second-order valence-electron chi connectivity index (χ2n) is 6.55. The van der Waals surface area contributed by atoms with Gasteiger partial charge in [-0.05, 0) is 36.8 Å². The number of anilines is 1. The van der Waals surface area contributed by atoms with Gasteiger partial charge in [0.25, 0.3) is 5.56 Å². The number of carboxylic acid groups (broad SMARTS) is 1. The van der Waals surface area contributed by atoms with Crippen molar-refractivity contribution in [2.75, 3.05) is 5.32 Å². The van der Waals surface area contributed by atoms with E-state index in [1.165, 1.54) is 21.8 Å². The molecule has 6 heteroatoms. The van der Waals surface area contributed by atoms with E-state index in [1.54, 1.807) is 25.5 Å². The van der Waals surface area contributed by atoms with Crippen LogP contribution >= 0.6 is 0 Å². The fourth-order valence-electron chi connectivity index (χ4n) is 2.86. The van der Waals surface area contributed by atoms with Gasteiger partial charge in [0, 0.05) is 48.8 Å². The van der Waals surface area contributed by atoms with Gasteiger partial charge in [-0.2, -0.15) is 0 Å². The summed E-state index contributed by atoms with van der Waals surface area (Å²) in [4.78, 5) is 27.3. The third kappa shape index (κ3) is 4.73. The Morgan fingerprint density at radius 3 is 2.71 bits per heavy atom. The second kappa shape index (κ2) is 8.35. The summed E-state index contributed by atoms with van der Waals surface area (Å²) in [7, 11) is 1.63. The van der Waals surface area contributed by atoms with Crippen molar-refractivity contribution >= 4 is 17.9 Å². The van der Waals surface area contributed by atoms with E-state index >= 15 is 0 Å². The van der Waals surface area contributed by atoms with Crippen LogP contribution in [0.5, 0.6) is 0 Å². The first kappa shape index (κ1) is 19.1. The number of nitrogens with zero attached hydrogens (tertiary/aromatic N) is 2. The Labute approximate surface area is 162 Å². The minimum Gasteiger partial charge on any atom is -0.478 e. The molecule has 0 aliphatic rings. The molecular formula is C22H21N3O3. The summed E-state index contributed by atoms with van der Waals surface area (Å²) in [6, 6.07) is 13.7. The van der Waals surface area contributed by atoms with Crippen LogP contribution in [0.2, 0.25) is 0 Å². The molecule has 0 unspecified atom stereocenters. The van der Waals surface area contributed by atoms with Gasteiger partial charge >= 0.3 is 5.97 Å². The predicted octanol–water partition coefficient (Wildman–Crippen LogP) is 3.47. The zero-order valence-corrected chi connectivity index (χ0v) is 15.7. The predicted molar refractivity (Wildman–Crippen MR) is 110 cm³/mol. The highest BCUT2D eigenvalue weighted by Crippen LogP contribution is 2.20. The lowest BCUT2D eigenvalue weighted by molar-refractivity contribution is -0.131. The molecule has 2 heterocycles. The lowest BCUT2D eigenvalue weighted by atomic mass is 10.1. The number of carboxylic acids is 1. The molecule has 0 fully saturated rings. The Bertz CT molecular complexity index is 1080. The zero-order valence-electron chi connectivity index (χ0n) is 15.7. The minimum absolute atomic E-state index is 0.259. The molecule has 2 aromatic heterocycles. The number of hydrogen-bond acceptors (Lipinski definition) is 4. The van der Waals surface area contributed by atoms with Crippen molar-refractivity contribution in [2.24, 2.45) is 7.05 Å². The topological polar surface area (TPSA) is 84.2 Å². The van der Waals surface area contributed by atoms with Crippen molar-refractivity contribution in [1.82, 2.24) is 9.55 Å². The normalized spacial score (nSPS) is 10.9. The lowest BCUT2D eigenvalue weighted by Gasteiger charge is -2.09. The van der Waals surface area contributed by atoms with Crippen LogP contribution in [0.25, 0.3) is 17.2 Å². The summed E-state index contributed by atoms with van der Waals surface area (Å²) in [5.74, 6) is -0.348. The van der Waals surface area contributed by atoms with Gasteiger partial charge in [-0.3, -0.25) is 4.79 Å². The fraction of sp³-hybridized carbons (Fsp3) is 0.136. The average molecular weight is 375 g/mol. The van der Waals surface area contributed by atoms with Crippen molar-refractivity contribution in [3.05, 3.63) is 88.0 Å². The Morgan fingerprint density at radius 1 is 1.21 bits per heavy atom. The molecular weight excluding hydrogens is 354 g/mol. The molecule has 3 aromatic rings. The summed E-state index contributed by atoms with van der Waals surface area (Å²) in [5.41, 5.74) is 4.06. The minimum atomic E-state index is -1.10. The first-order valence-electron chi connectivity index (χ1n) is 8.80. The summed E-state index contributed by atoms with van der Waals surface area (Å²) in [6.07, 6.45) is 5.69. The van der Waals surface area contributed by atoms with E-state index in [0.717, 1.165) is 23.0 Å². The molecule has 1 aromatic carbocycles. The number of carbonyl (C=O) groups is 1. The van der Waals surface area contributed by atoms with Gasteiger partial charge in [-0.15, -0.1) is 0 Å². The number of nitrogens with one attached hydrogen (secondary N) is 1. The van der Waals surface area contributed by atoms with E-state index in [-0.39, 0.29) is 5.56 Å². The molecule has 0 bridgehead atoms. The summed E-state index contributed by atoms with van der Waals surface area (Å²) in [5, 5.41) is 12.1. The van der Waals surface area contributed by atoms with Crippen LogP contribution in [0.1, 0.15) is 16.7 Å². The molecule has 142 valence electrons. The molecule has 0 aliphatic heterocycles. The molecule has 0 saturated carbocycles. The largest absolute Gasteiger partial charge is 0.478 e. The molecule has 0 amide bonds. The first-order valence-corrected chi connectivity index (χ1v) is 8.80. The number of aryl methyl sites for hydroxylation is 2. The number of hydrogen-bond donors (Lipinski definition) is 2. The van der Waals surface area contributed by atoms with Crippen molar-refractivity contribution in [3.63, 3.8) is 0 Å². The van der Waals surface area contributed by atoms with E-state index in [4.69, 9.17) is 5.11 Å². The highest BCUT2D eigenvalue weighted by Gasteiger charge is 2.06. The van der Waals surface area contributed by atoms with Crippen LogP contribution in [-0.2, 0) is 18.4 Å². The monoisotopic (exact) mass is 375 g/mol. The van der Waals surface area contributed by atoms with E-state index in [9.17, 15) is 9.59 Å². The maximum atomic E-state index is 12.2.